The van der Waals surface area contributed by atoms with E-state index in [0.29, 0.717) is 10.9 Å². The molecule has 2 atom stereocenters. The summed E-state index contributed by atoms with van der Waals surface area (Å²) in [6.45, 7) is 1.76. The number of hydrazine groups is 1. The second-order valence-electron chi connectivity index (χ2n) is 5.17. The van der Waals surface area contributed by atoms with Crippen molar-refractivity contribution in [1.29, 1.82) is 0 Å². The highest BCUT2D eigenvalue weighted by Gasteiger charge is 2.30. The highest BCUT2D eigenvalue weighted by molar-refractivity contribution is 7.99. The normalized spacial score (nSPS) is 21.2. The van der Waals surface area contributed by atoms with Gasteiger partial charge in [0.15, 0.2) is 0 Å². The van der Waals surface area contributed by atoms with E-state index in [1.807, 2.05) is 16.4 Å². The first-order valence-electron chi connectivity index (χ1n) is 6.53. The molecule has 19 heavy (non-hydrogen) atoms. The van der Waals surface area contributed by atoms with Crippen molar-refractivity contribution in [2.45, 2.75) is 19.0 Å². The zero-order valence-electron chi connectivity index (χ0n) is 11.5. The SMILES string of the molecule is CN(C)CCn1ncc(Cl)c1C(NN)C1CCSC1. The summed E-state index contributed by atoms with van der Waals surface area (Å²) in [5.74, 6) is 8.63. The summed E-state index contributed by atoms with van der Waals surface area (Å²) >= 11 is 8.29. The highest BCUT2D eigenvalue weighted by atomic mass is 35.5. The van der Waals surface area contributed by atoms with Crippen molar-refractivity contribution in [3.63, 3.8) is 0 Å². The summed E-state index contributed by atoms with van der Waals surface area (Å²) in [5.41, 5.74) is 3.97. The fourth-order valence-corrected chi connectivity index (χ4v) is 3.96. The Bertz CT molecular complexity index is 403. The van der Waals surface area contributed by atoms with Crippen LogP contribution in [-0.2, 0) is 6.54 Å². The topological polar surface area (TPSA) is 59.1 Å². The monoisotopic (exact) mass is 303 g/mol. The van der Waals surface area contributed by atoms with E-state index >= 15 is 0 Å². The van der Waals surface area contributed by atoms with Crippen LogP contribution < -0.4 is 11.3 Å². The van der Waals surface area contributed by atoms with Gasteiger partial charge in [-0.25, -0.2) is 0 Å². The molecule has 1 aliphatic heterocycles. The summed E-state index contributed by atoms with van der Waals surface area (Å²) < 4.78 is 1.98. The van der Waals surface area contributed by atoms with Gasteiger partial charge in [0.2, 0.25) is 0 Å². The summed E-state index contributed by atoms with van der Waals surface area (Å²) in [4.78, 5) is 2.13. The molecule has 0 radical (unpaired) electrons. The molecule has 1 aromatic heterocycles. The number of likely N-dealkylation sites (N-methyl/N-ethyl adjacent to an activating group) is 1. The van der Waals surface area contributed by atoms with E-state index in [9.17, 15) is 0 Å². The number of nitrogens with zero attached hydrogens (tertiary/aromatic N) is 3. The molecule has 108 valence electrons. The van der Waals surface area contributed by atoms with Crippen molar-refractivity contribution in [3.05, 3.63) is 16.9 Å². The maximum absolute atomic E-state index is 6.31. The van der Waals surface area contributed by atoms with Crippen molar-refractivity contribution in [2.24, 2.45) is 11.8 Å². The van der Waals surface area contributed by atoms with E-state index in [4.69, 9.17) is 17.4 Å². The number of aromatic nitrogens is 2. The Morgan fingerprint density at radius 1 is 1.68 bits per heavy atom. The van der Waals surface area contributed by atoms with Crippen LogP contribution in [0.4, 0.5) is 0 Å². The number of rotatable bonds is 6. The van der Waals surface area contributed by atoms with Crippen LogP contribution in [0, 0.1) is 5.92 Å². The second kappa shape index (κ2) is 6.95. The third kappa shape index (κ3) is 3.64. The van der Waals surface area contributed by atoms with E-state index in [-0.39, 0.29) is 6.04 Å². The van der Waals surface area contributed by atoms with Gasteiger partial charge in [-0.2, -0.15) is 16.9 Å². The maximum Gasteiger partial charge on any atom is 0.0834 e. The van der Waals surface area contributed by atoms with E-state index in [2.05, 4.69) is 29.5 Å². The molecule has 1 aliphatic rings. The first-order valence-corrected chi connectivity index (χ1v) is 8.06. The van der Waals surface area contributed by atoms with E-state index in [0.717, 1.165) is 24.5 Å². The summed E-state index contributed by atoms with van der Waals surface area (Å²) in [6, 6.07) is 0.0900. The second-order valence-corrected chi connectivity index (χ2v) is 6.73. The molecule has 1 aromatic rings. The predicted molar refractivity (Wildman–Crippen MR) is 81.3 cm³/mol. The molecule has 1 saturated heterocycles. The van der Waals surface area contributed by atoms with Crippen LogP contribution in [0.2, 0.25) is 5.02 Å². The standard InChI is InChI=1S/C12H22ClN5S/c1-17(2)4-5-18-12(10(13)7-15-18)11(16-14)9-3-6-19-8-9/h7,9,11,16H,3-6,8,14H2,1-2H3. The first-order chi connectivity index (χ1) is 9.13. The van der Waals surface area contributed by atoms with Crippen LogP contribution in [0.5, 0.6) is 0 Å². The lowest BCUT2D eigenvalue weighted by Crippen LogP contribution is -2.36. The average molecular weight is 304 g/mol. The average Bonchev–Trinajstić information content (AvgIpc) is 3.00. The number of nitrogens with two attached hydrogens (primary N) is 1. The van der Waals surface area contributed by atoms with Crippen LogP contribution >= 0.6 is 23.4 Å². The Hall–Kier alpha value is -0.270. The van der Waals surface area contributed by atoms with Crippen LogP contribution in [-0.4, -0.2) is 46.8 Å². The van der Waals surface area contributed by atoms with Gasteiger partial charge < -0.3 is 4.90 Å². The van der Waals surface area contributed by atoms with Crippen molar-refractivity contribution in [2.75, 3.05) is 32.1 Å². The minimum Gasteiger partial charge on any atom is -0.308 e. The van der Waals surface area contributed by atoms with E-state index in [1.54, 1.807) is 6.20 Å². The van der Waals surface area contributed by atoms with Crippen molar-refractivity contribution in [3.8, 4) is 0 Å². The molecule has 2 rings (SSSR count). The molecule has 0 saturated carbocycles. The molecular weight excluding hydrogens is 282 g/mol. The van der Waals surface area contributed by atoms with Crippen molar-refractivity contribution in [1.82, 2.24) is 20.1 Å². The Balaban J connectivity index is 2.18. The van der Waals surface area contributed by atoms with Crippen LogP contribution in [0.25, 0.3) is 0 Å². The molecule has 5 nitrogen and oxygen atoms in total. The fraction of sp³-hybridized carbons (Fsp3) is 0.750. The van der Waals surface area contributed by atoms with E-state index < -0.39 is 0 Å². The highest BCUT2D eigenvalue weighted by Crippen LogP contribution is 2.36. The van der Waals surface area contributed by atoms with Gasteiger partial charge in [0.05, 0.1) is 29.5 Å². The fourth-order valence-electron chi connectivity index (χ4n) is 2.41. The van der Waals surface area contributed by atoms with Gasteiger partial charge in [-0.15, -0.1) is 0 Å². The maximum atomic E-state index is 6.31. The zero-order chi connectivity index (χ0) is 13.8. The molecule has 0 aromatic carbocycles. The Labute approximate surface area is 123 Å². The van der Waals surface area contributed by atoms with Gasteiger partial charge in [0.25, 0.3) is 0 Å². The number of halogens is 1. The van der Waals surface area contributed by atoms with Gasteiger partial charge in [0, 0.05) is 6.54 Å². The van der Waals surface area contributed by atoms with Gasteiger partial charge in [-0.05, 0) is 37.9 Å². The van der Waals surface area contributed by atoms with Crippen molar-refractivity contribution >= 4 is 23.4 Å². The lowest BCUT2D eigenvalue weighted by atomic mass is 9.97. The minimum absolute atomic E-state index is 0.0900. The number of hydrogen-bond acceptors (Lipinski definition) is 5. The Kier molecular flexibility index (Phi) is 5.53. The van der Waals surface area contributed by atoms with Crippen LogP contribution in [0.3, 0.4) is 0 Å². The molecule has 0 spiro atoms. The molecule has 7 heteroatoms. The minimum atomic E-state index is 0.0900. The third-order valence-electron chi connectivity index (χ3n) is 3.50. The molecule has 0 bridgehead atoms. The van der Waals surface area contributed by atoms with Gasteiger partial charge >= 0.3 is 0 Å². The summed E-state index contributed by atoms with van der Waals surface area (Å²) in [7, 11) is 4.11. The van der Waals surface area contributed by atoms with Gasteiger partial charge in [-0.1, -0.05) is 11.6 Å². The smallest absolute Gasteiger partial charge is 0.0834 e. The van der Waals surface area contributed by atoms with E-state index in [1.165, 1.54) is 12.2 Å². The Morgan fingerprint density at radius 3 is 3.05 bits per heavy atom. The zero-order valence-corrected chi connectivity index (χ0v) is 13.0. The first kappa shape index (κ1) is 15.1. The number of hydrogen-bond donors (Lipinski definition) is 2. The van der Waals surface area contributed by atoms with Gasteiger partial charge in [0.1, 0.15) is 0 Å². The van der Waals surface area contributed by atoms with Gasteiger partial charge in [-0.3, -0.25) is 16.0 Å². The lowest BCUT2D eigenvalue weighted by molar-refractivity contribution is 0.340. The number of thioether (sulfide) groups is 1. The lowest BCUT2D eigenvalue weighted by Gasteiger charge is -2.24. The molecular formula is C12H22ClN5S. The largest absolute Gasteiger partial charge is 0.308 e. The molecule has 0 amide bonds. The number of nitrogens with one attached hydrogen (secondary N) is 1. The quantitative estimate of drug-likeness (QED) is 0.614. The molecule has 2 heterocycles. The van der Waals surface area contributed by atoms with Crippen molar-refractivity contribution < 1.29 is 0 Å². The molecule has 3 N–H and O–H groups in total. The third-order valence-corrected chi connectivity index (χ3v) is 4.98. The summed E-state index contributed by atoms with van der Waals surface area (Å²) in [6.07, 6.45) is 2.90. The molecule has 0 aliphatic carbocycles. The Morgan fingerprint density at radius 2 is 2.47 bits per heavy atom. The summed E-state index contributed by atoms with van der Waals surface area (Å²) in [5, 5.41) is 5.09. The molecule has 2 unspecified atom stereocenters. The van der Waals surface area contributed by atoms with Crippen LogP contribution in [0.1, 0.15) is 18.2 Å². The predicted octanol–water partition coefficient (Wildman–Crippen LogP) is 1.36. The van der Waals surface area contributed by atoms with Crippen LogP contribution in [0.15, 0.2) is 6.20 Å². The molecule has 1 fully saturated rings.